The molecule has 26 heavy (non-hydrogen) atoms. The van der Waals surface area contributed by atoms with Crippen LogP contribution in [0.15, 0.2) is 24.3 Å². The summed E-state index contributed by atoms with van der Waals surface area (Å²) < 4.78 is 5.36. The highest BCUT2D eigenvalue weighted by atomic mass is 16.6. The van der Waals surface area contributed by atoms with Gasteiger partial charge in [-0.3, -0.25) is 0 Å². The van der Waals surface area contributed by atoms with Gasteiger partial charge in [-0.15, -0.1) is 0 Å². The topological polar surface area (TPSA) is 90.8 Å². The maximum Gasteiger partial charge on any atom is 0.407 e. The summed E-state index contributed by atoms with van der Waals surface area (Å²) in [5.41, 5.74) is 0.556. The van der Waals surface area contributed by atoms with Crippen molar-refractivity contribution in [1.82, 2.24) is 10.6 Å². The number of rotatable bonds is 8. The molecular formula is C20H36N2O4. The van der Waals surface area contributed by atoms with Crippen molar-refractivity contribution in [1.29, 1.82) is 0 Å². The van der Waals surface area contributed by atoms with Gasteiger partial charge in [0, 0.05) is 13.2 Å². The van der Waals surface area contributed by atoms with Crippen LogP contribution in [0.25, 0.3) is 0 Å². The number of aromatic hydroxyl groups is 1. The zero-order chi connectivity index (χ0) is 20.2. The fourth-order valence-corrected chi connectivity index (χ4v) is 2.28. The molecule has 0 saturated heterocycles. The van der Waals surface area contributed by atoms with Crippen molar-refractivity contribution in [2.75, 3.05) is 20.2 Å². The Morgan fingerprint density at radius 3 is 2.23 bits per heavy atom. The first kappa shape index (κ1) is 24.2. The Bertz CT molecular complexity index is 496. The Hall–Kier alpha value is -1.79. The Morgan fingerprint density at radius 2 is 1.73 bits per heavy atom. The number of carbonyl (C=O) groups is 1. The molecular weight excluding hydrogens is 332 g/mol. The highest BCUT2D eigenvalue weighted by molar-refractivity contribution is 5.68. The van der Waals surface area contributed by atoms with Crippen LogP contribution in [0.5, 0.6) is 5.75 Å². The molecule has 1 atom stereocenters. The van der Waals surface area contributed by atoms with E-state index < -0.39 is 11.7 Å². The number of amides is 1. The van der Waals surface area contributed by atoms with E-state index in [0.717, 1.165) is 32.2 Å². The second-order valence-corrected chi connectivity index (χ2v) is 7.60. The average Bonchev–Trinajstić information content (AvgIpc) is 2.53. The van der Waals surface area contributed by atoms with Gasteiger partial charge in [-0.2, -0.15) is 0 Å². The Kier molecular flexibility index (Phi) is 11.7. The molecule has 0 radical (unpaired) electrons. The molecule has 0 heterocycles. The number of alkyl carbamates (subject to hydrolysis) is 1. The van der Waals surface area contributed by atoms with Crippen molar-refractivity contribution in [3.05, 3.63) is 29.8 Å². The van der Waals surface area contributed by atoms with Crippen LogP contribution in [-0.2, 0) is 11.2 Å². The SMILES string of the molecule is CC(C)CNCCC(Cc1ccc(O)cc1)NC(=O)OC(C)(C)C.CO. The molecule has 0 aromatic heterocycles. The number of nitrogens with one attached hydrogen (secondary N) is 2. The number of hydrogen-bond acceptors (Lipinski definition) is 5. The highest BCUT2D eigenvalue weighted by Crippen LogP contribution is 2.13. The smallest absolute Gasteiger partial charge is 0.407 e. The summed E-state index contributed by atoms with van der Waals surface area (Å²) in [5.74, 6) is 0.841. The second-order valence-electron chi connectivity index (χ2n) is 7.60. The van der Waals surface area contributed by atoms with Gasteiger partial charge in [0.25, 0.3) is 0 Å². The zero-order valence-corrected chi connectivity index (χ0v) is 17.0. The minimum absolute atomic E-state index is 0.0240. The summed E-state index contributed by atoms with van der Waals surface area (Å²) in [6, 6.07) is 7.05. The molecule has 6 heteroatoms. The molecule has 4 N–H and O–H groups in total. The monoisotopic (exact) mass is 368 g/mol. The molecule has 1 unspecified atom stereocenters. The lowest BCUT2D eigenvalue weighted by atomic mass is 10.0. The first-order valence-corrected chi connectivity index (χ1v) is 9.08. The van der Waals surface area contributed by atoms with Crippen molar-refractivity contribution in [3.8, 4) is 5.75 Å². The van der Waals surface area contributed by atoms with E-state index in [0.29, 0.717) is 12.3 Å². The van der Waals surface area contributed by atoms with E-state index >= 15 is 0 Å². The lowest BCUT2D eigenvalue weighted by Gasteiger charge is -2.24. The van der Waals surface area contributed by atoms with E-state index in [9.17, 15) is 9.90 Å². The van der Waals surface area contributed by atoms with E-state index in [-0.39, 0.29) is 11.8 Å². The van der Waals surface area contributed by atoms with E-state index in [4.69, 9.17) is 9.84 Å². The van der Waals surface area contributed by atoms with Gasteiger partial charge < -0.3 is 25.6 Å². The van der Waals surface area contributed by atoms with E-state index in [1.54, 1.807) is 12.1 Å². The van der Waals surface area contributed by atoms with Crippen molar-refractivity contribution in [3.63, 3.8) is 0 Å². The molecule has 1 aromatic rings. The van der Waals surface area contributed by atoms with E-state index in [2.05, 4.69) is 24.5 Å². The maximum absolute atomic E-state index is 12.1. The van der Waals surface area contributed by atoms with Crippen LogP contribution in [0.3, 0.4) is 0 Å². The van der Waals surface area contributed by atoms with Crippen LogP contribution in [0.1, 0.15) is 46.6 Å². The van der Waals surface area contributed by atoms with Crippen LogP contribution >= 0.6 is 0 Å². The van der Waals surface area contributed by atoms with Crippen LogP contribution < -0.4 is 10.6 Å². The van der Waals surface area contributed by atoms with Crippen LogP contribution in [0.2, 0.25) is 0 Å². The summed E-state index contributed by atoms with van der Waals surface area (Å²) in [4.78, 5) is 12.1. The van der Waals surface area contributed by atoms with Gasteiger partial charge in [0.1, 0.15) is 11.4 Å². The highest BCUT2D eigenvalue weighted by Gasteiger charge is 2.19. The predicted molar refractivity (Wildman–Crippen MR) is 105 cm³/mol. The Labute approximate surface area is 158 Å². The molecule has 150 valence electrons. The first-order chi connectivity index (χ1) is 12.2. The van der Waals surface area contributed by atoms with Gasteiger partial charge in [-0.1, -0.05) is 26.0 Å². The number of carbonyl (C=O) groups excluding carboxylic acids is 1. The Balaban J connectivity index is 0.00000301. The molecule has 0 aliphatic heterocycles. The van der Waals surface area contributed by atoms with Gasteiger partial charge >= 0.3 is 6.09 Å². The second kappa shape index (κ2) is 12.5. The van der Waals surface area contributed by atoms with Gasteiger partial charge in [-0.05, 0) is 70.3 Å². The molecule has 0 aliphatic rings. The average molecular weight is 369 g/mol. The summed E-state index contributed by atoms with van der Waals surface area (Å²) >= 11 is 0. The normalized spacial score (nSPS) is 12.2. The zero-order valence-electron chi connectivity index (χ0n) is 17.0. The summed E-state index contributed by atoms with van der Waals surface area (Å²) in [6.45, 7) is 11.7. The third kappa shape index (κ3) is 12.6. The molecule has 1 amide bonds. The lowest BCUT2D eigenvalue weighted by molar-refractivity contribution is 0.0501. The largest absolute Gasteiger partial charge is 0.508 e. The molecule has 0 spiro atoms. The molecule has 0 fully saturated rings. The summed E-state index contributed by atoms with van der Waals surface area (Å²) in [7, 11) is 1.00. The third-order valence-electron chi connectivity index (χ3n) is 3.36. The third-order valence-corrected chi connectivity index (χ3v) is 3.36. The van der Waals surface area contributed by atoms with Crippen molar-refractivity contribution >= 4 is 6.09 Å². The van der Waals surface area contributed by atoms with Gasteiger partial charge in [0.15, 0.2) is 0 Å². The number of hydrogen-bond donors (Lipinski definition) is 4. The number of phenolic OH excluding ortho intramolecular Hbond substituents is 1. The van der Waals surface area contributed by atoms with Crippen LogP contribution in [0.4, 0.5) is 4.79 Å². The summed E-state index contributed by atoms with van der Waals surface area (Å²) in [5, 5.41) is 22.8. The van der Waals surface area contributed by atoms with Gasteiger partial charge in [-0.25, -0.2) is 4.79 Å². The number of aliphatic hydroxyl groups excluding tert-OH is 1. The van der Waals surface area contributed by atoms with E-state index in [1.165, 1.54) is 0 Å². The number of phenols is 1. The van der Waals surface area contributed by atoms with Crippen molar-refractivity contribution in [2.24, 2.45) is 5.92 Å². The van der Waals surface area contributed by atoms with Crippen LogP contribution in [0, 0.1) is 5.92 Å². The molecule has 0 saturated carbocycles. The van der Waals surface area contributed by atoms with Gasteiger partial charge in [0.2, 0.25) is 0 Å². The molecule has 1 aromatic carbocycles. The summed E-state index contributed by atoms with van der Waals surface area (Å²) in [6.07, 6.45) is 1.12. The van der Waals surface area contributed by atoms with Crippen LogP contribution in [-0.4, -0.2) is 48.1 Å². The minimum atomic E-state index is -0.511. The molecule has 6 nitrogen and oxygen atoms in total. The quantitative estimate of drug-likeness (QED) is 0.530. The molecule has 1 rings (SSSR count). The molecule has 0 bridgehead atoms. The number of benzene rings is 1. The van der Waals surface area contributed by atoms with Crippen molar-refractivity contribution < 1.29 is 19.7 Å². The van der Waals surface area contributed by atoms with E-state index in [1.807, 2.05) is 32.9 Å². The van der Waals surface area contributed by atoms with Crippen molar-refractivity contribution in [2.45, 2.75) is 59.1 Å². The fourth-order valence-electron chi connectivity index (χ4n) is 2.28. The fraction of sp³-hybridized carbons (Fsp3) is 0.650. The minimum Gasteiger partial charge on any atom is -0.508 e. The lowest BCUT2D eigenvalue weighted by Crippen LogP contribution is -2.41. The molecule has 0 aliphatic carbocycles. The maximum atomic E-state index is 12.1. The standard InChI is InChI=1S/C19H32N2O3.CH4O/c1-14(2)13-20-11-10-16(21-18(23)24-19(3,4)5)12-15-6-8-17(22)9-7-15;1-2/h6-9,14,16,20,22H,10-13H2,1-5H3,(H,21,23);2H,1H3. The Morgan fingerprint density at radius 1 is 1.15 bits per heavy atom. The van der Waals surface area contributed by atoms with Gasteiger partial charge in [0.05, 0.1) is 0 Å². The predicted octanol–water partition coefficient (Wildman–Crippen LogP) is 3.07. The number of aliphatic hydroxyl groups is 1. The first-order valence-electron chi connectivity index (χ1n) is 9.08. The number of ether oxygens (including phenoxy) is 1.